The van der Waals surface area contributed by atoms with Crippen molar-refractivity contribution in [2.24, 2.45) is 5.73 Å². The molecule has 1 aromatic carbocycles. The summed E-state index contributed by atoms with van der Waals surface area (Å²) in [6.45, 7) is 6.24. The average molecular weight is 301 g/mol. The van der Waals surface area contributed by atoms with Gasteiger partial charge in [0.2, 0.25) is 0 Å². The van der Waals surface area contributed by atoms with Crippen LogP contribution in [0.4, 0.5) is 0 Å². The van der Waals surface area contributed by atoms with Crippen molar-refractivity contribution >= 4 is 21.6 Å². The molecule has 0 radical (unpaired) electrons. The Morgan fingerprint density at radius 2 is 1.74 bits per heavy atom. The van der Waals surface area contributed by atoms with E-state index in [0.717, 1.165) is 5.75 Å². The number of aryl methyl sites for hydroxylation is 3. The second-order valence-electron chi connectivity index (χ2n) is 5.12. The van der Waals surface area contributed by atoms with E-state index < -0.39 is 9.84 Å². The second-order valence-corrected chi connectivity index (χ2v) is 8.53. The van der Waals surface area contributed by atoms with Crippen LogP contribution in [0.2, 0.25) is 0 Å². The van der Waals surface area contributed by atoms with Crippen LogP contribution in [0.5, 0.6) is 0 Å². The number of thioether (sulfide) groups is 1. The number of hydrogen-bond acceptors (Lipinski definition) is 4. The van der Waals surface area contributed by atoms with Crippen molar-refractivity contribution < 1.29 is 8.42 Å². The third kappa shape index (κ3) is 5.55. The number of rotatable bonds is 6. The fourth-order valence-corrected chi connectivity index (χ4v) is 4.55. The van der Waals surface area contributed by atoms with Gasteiger partial charge in [0.15, 0.2) is 0 Å². The first-order valence-corrected chi connectivity index (χ1v) is 9.51. The third-order valence-corrected chi connectivity index (χ3v) is 5.30. The van der Waals surface area contributed by atoms with Crippen LogP contribution in [0.15, 0.2) is 12.1 Å². The lowest BCUT2D eigenvalue weighted by Crippen LogP contribution is -2.17. The molecular formula is C14H23NO2S2. The van der Waals surface area contributed by atoms with Crippen LogP contribution < -0.4 is 5.73 Å². The Bertz CT molecular complexity index is 515. The first-order valence-electron chi connectivity index (χ1n) is 6.29. The number of benzene rings is 1. The maximum Gasteiger partial charge on any atom is 0.148 e. The monoisotopic (exact) mass is 301 g/mol. The lowest BCUT2D eigenvalue weighted by atomic mass is 9.95. The molecule has 0 aliphatic carbocycles. The third-order valence-electron chi connectivity index (χ3n) is 3.00. The highest BCUT2D eigenvalue weighted by Crippen LogP contribution is 2.24. The molecule has 0 fully saturated rings. The van der Waals surface area contributed by atoms with Crippen molar-refractivity contribution in [3.05, 3.63) is 34.4 Å². The zero-order chi connectivity index (χ0) is 14.6. The van der Waals surface area contributed by atoms with Gasteiger partial charge in [-0.3, -0.25) is 0 Å². The van der Waals surface area contributed by atoms with E-state index in [-0.39, 0.29) is 11.8 Å². The molecule has 2 N–H and O–H groups in total. The van der Waals surface area contributed by atoms with Crippen LogP contribution in [0, 0.1) is 20.8 Å². The van der Waals surface area contributed by atoms with Gasteiger partial charge in [-0.05, 0) is 37.5 Å². The largest absolute Gasteiger partial charge is 0.323 e. The summed E-state index contributed by atoms with van der Waals surface area (Å²) in [4.78, 5) is 0. The van der Waals surface area contributed by atoms with Gasteiger partial charge in [0.25, 0.3) is 0 Å². The van der Waals surface area contributed by atoms with Crippen LogP contribution >= 0.6 is 11.8 Å². The van der Waals surface area contributed by atoms with E-state index in [0.29, 0.717) is 5.75 Å². The molecule has 0 saturated heterocycles. The molecule has 0 spiro atoms. The minimum atomic E-state index is -2.87. The van der Waals surface area contributed by atoms with Gasteiger partial charge >= 0.3 is 0 Å². The van der Waals surface area contributed by atoms with Gasteiger partial charge in [-0.15, -0.1) is 0 Å². The zero-order valence-corrected chi connectivity index (χ0v) is 13.7. The highest BCUT2D eigenvalue weighted by atomic mass is 32.2. The van der Waals surface area contributed by atoms with E-state index >= 15 is 0 Å². The quantitative estimate of drug-likeness (QED) is 0.820. The van der Waals surface area contributed by atoms with Crippen LogP contribution in [0.3, 0.4) is 0 Å². The highest BCUT2D eigenvalue weighted by molar-refractivity contribution is 8.00. The molecule has 1 atom stereocenters. The number of sulfone groups is 1. The molecule has 0 heterocycles. The first kappa shape index (κ1) is 16.5. The number of nitrogens with two attached hydrogens (primary N) is 1. The summed E-state index contributed by atoms with van der Waals surface area (Å²) in [5.74, 6) is 1.58. The Morgan fingerprint density at radius 1 is 1.21 bits per heavy atom. The molecule has 1 unspecified atom stereocenters. The fraction of sp³-hybridized carbons (Fsp3) is 0.571. The molecule has 0 amide bonds. The lowest BCUT2D eigenvalue weighted by Gasteiger charge is -2.18. The van der Waals surface area contributed by atoms with Gasteiger partial charge in [0.1, 0.15) is 9.84 Å². The molecular weight excluding hydrogens is 278 g/mol. The maximum atomic E-state index is 11.0. The summed E-state index contributed by atoms with van der Waals surface area (Å²) in [5, 5.41) is 0. The lowest BCUT2D eigenvalue weighted by molar-refractivity contribution is 0.603. The Balaban J connectivity index is 2.62. The molecule has 1 rings (SSSR count). The summed E-state index contributed by atoms with van der Waals surface area (Å²) in [5.41, 5.74) is 11.1. The minimum Gasteiger partial charge on any atom is -0.323 e. The van der Waals surface area contributed by atoms with E-state index in [1.165, 1.54) is 28.5 Å². The van der Waals surface area contributed by atoms with Gasteiger partial charge in [0.05, 0.1) is 5.75 Å². The van der Waals surface area contributed by atoms with Crippen molar-refractivity contribution in [3.8, 4) is 0 Å². The summed E-state index contributed by atoms with van der Waals surface area (Å²) < 4.78 is 22.1. The van der Waals surface area contributed by atoms with E-state index in [9.17, 15) is 8.42 Å². The van der Waals surface area contributed by atoms with Gasteiger partial charge in [-0.1, -0.05) is 17.7 Å². The van der Waals surface area contributed by atoms with E-state index in [4.69, 9.17) is 5.73 Å². The molecule has 0 aromatic heterocycles. The number of hydrogen-bond donors (Lipinski definition) is 1. The smallest absolute Gasteiger partial charge is 0.148 e. The van der Waals surface area contributed by atoms with Gasteiger partial charge in [-0.25, -0.2) is 8.42 Å². The van der Waals surface area contributed by atoms with Crippen LogP contribution in [-0.4, -0.2) is 31.9 Å². The molecule has 1 aromatic rings. The predicted molar refractivity (Wildman–Crippen MR) is 84.6 cm³/mol. The summed E-state index contributed by atoms with van der Waals surface area (Å²) in [6, 6.07) is 4.25. The van der Waals surface area contributed by atoms with E-state index in [2.05, 4.69) is 32.9 Å². The average Bonchev–Trinajstić information content (AvgIpc) is 2.21. The van der Waals surface area contributed by atoms with Crippen LogP contribution in [0.1, 0.15) is 28.3 Å². The standard InChI is InChI=1S/C14H23NO2S2/c1-10-7-11(2)14(12(3)8-10)13(15)9-18-5-6-19(4,16)17/h7-8,13H,5-6,9,15H2,1-4H3. The summed E-state index contributed by atoms with van der Waals surface area (Å²) in [7, 11) is -2.87. The molecule has 19 heavy (non-hydrogen) atoms. The van der Waals surface area contributed by atoms with E-state index in [1.54, 1.807) is 11.8 Å². The van der Waals surface area contributed by atoms with Crippen LogP contribution in [-0.2, 0) is 9.84 Å². The van der Waals surface area contributed by atoms with Gasteiger partial charge < -0.3 is 5.73 Å². The molecule has 0 aliphatic heterocycles. The first-order chi connectivity index (χ1) is 8.70. The van der Waals surface area contributed by atoms with E-state index in [1.807, 2.05) is 0 Å². The van der Waals surface area contributed by atoms with Gasteiger partial charge in [-0.2, -0.15) is 11.8 Å². The van der Waals surface area contributed by atoms with Crippen molar-refractivity contribution in [1.29, 1.82) is 0 Å². The minimum absolute atomic E-state index is 0.0369. The van der Waals surface area contributed by atoms with Crippen LogP contribution in [0.25, 0.3) is 0 Å². The normalized spacial score (nSPS) is 13.5. The molecule has 108 valence electrons. The highest BCUT2D eigenvalue weighted by Gasteiger charge is 2.13. The van der Waals surface area contributed by atoms with Crippen molar-refractivity contribution in [3.63, 3.8) is 0 Å². The molecule has 5 heteroatoms. The predicted octanol–water partition coefficient (Wildman–Crippen LogP) is 2.39. The fourth-order valence-electron chi connectivity index (χ4n) is 2.28. The zero-order valence-electron chi connectivity index (χ0n) is 12.1. The SMILES string of the molecule is Cc1cc(C)c(C(N)CSCCS(C)(=O)=O)c(C)c1. The van der Waals surface area contributed by atoms with Crippen molar-refractivity contribution in [2.45, 2.75) is 26.8 Å². The Morgan fingerprint density at radius 3 is 2.21 bits per heavy atom. The Labute approximate surface area is 120 Å². The molecule has 3 nitrogen and oxygen atoms in total. The topological polar surface area (TPSA) is 60.2 Å². The maximum absolute atomic E-state index is 11.0. The second kappa shape index (κ2) is 6.77. The molecule has 0 saturated carbocycles. The van der Waals surface area contributed by atoms with Crippen molar-refractivity contribution in [1.82, 2.24) is 0 Å². The van der Waals surface area contributed by atoms with Gasteiger partial charge in [0, 0.05) is 23.8 Å². The van der Waals surface area contributed by atoms with Crippen molar-refractivity contribution in [2.75, 3.05) is 23.5 Å². The summed E-state index contributed by atoms with van der Waals surface area (Å²) in [6.07, 6.45) is 1.27. The molecule has 0 bridgehead atoms. The summed E-state index contributed by atoms with van der Waals surface area (Å²) >= 11 is 1.60. The Kier molecular flexibility index (Phi) is 5.89. The molecule has 0 aliphatic rings. The Hall–Kier alpha value is -0.520.